The average Bonchev–Trinajstić information content (AvgIpc) is 3.06. The molecule has 2 fully saturated rings. The number of benzene rings is 2. The van der Waals surface area contributed by atoms with E-state index in [4.69, 9.17) is 33.0 Å². The van der Waals surface area contributed by atoms with Crippen LogP contribution in [0.4, 0.5) is 0 Å². The van der Waals surface area contributed by atoms with E-state index in [1.807, 2.05) is 60.7 Å². The van der Waals surface area contributed by atoms with Gasteiger partial charge in [0, 0.05) is 6.42 Å². The minimum absolute atomic E-state index is 0.351. The Morgan fingerprint density at radius 2 is 1.10 bits per heavy atom. The molecule has 2 unspecified atom stereocenters. The summed E-state index contributed by atoms with van der Waals surface area (Å²) >= 11 is 13.3. The maximum Gasteiger partial charge on any atom is 0.150 e. The van der Waals surface area contributed by atoms with Gasteiger partial charge in [-0.2, -0.15) is 0 Å². The molecule has 21 heavy (non-hydrogen) atoms. The second-order valence-electron chi connectivity index (χ2n) is 5.66. The van der Waals surface area contributed by atoms with Crippen molar-refractivity contribution in [1.29, 1.82) is 0 Å². The van der Waals surface area contributed by atoms with Crippen LogP contribution in [-0.2, 0) is 21.0 Å². The summed E-state index contributed by atoms with van der Waals surface area (Å²) in [4.78, 5) is 11.5. The molecule has 4 rings (SSSR count). The van der Waals surface area contributed by atoms with Crippen molar-refractivity contribution >= 4 is 23.2 Å². The van der Waals surface area contributed by atoms with Gasteiger partial charge in [-0.15, -0.1) is 23.2 Å². The number of rotatable bonds is 2. The predicted octanol–water partition coefficient (Wildman–Crippen LogP) is 4.36. The zero-order valence-corrected chi connectivity index (χ0v) is 12.7. The lowest BCUT2D eigenvalue weighted by Gasteiger charge is -2.35. The lowest BCUT2D eigenvalue weighted by Crippen LogP contribution is -2.43. The van der Waals surface area contributed by atoms with E-state index < -0.39 is 11.2 Å². The molecule has 2 aliphatic rings. The molecule has 0 amide bonds. The first-order chi connectivity index (χ1) is 10.2. The molecule has 1 heterocycles. The van der Waals surface area contributed by atoms with Gasteiger partial charge in [0.25, 0.3) is 0 Å². The Morgan fingerprint density at radius 1 is 0.714 bits per heavy atom. The number of hydrogen-bond donors (Lipinski definition) is 0. The predicted molar refractivity (Wildman–Crippen MR) is 82.3 cm³/mol. The second-order valence-corrected chi connectivity index (χ2v) is 6.60. The molecule has 2 nitrogen and oxygen atoms in total. The van der Waals surface area contributed by atoms with Crippen LogP contribution >= 0.6 is 23.2 Å². The molecule has 1 aliphatic heterocycles. The Morgan fingerprint density at radius 3 is 1.48 bits per heavy atom. The van der Waals surface area contributed by atoms with E-state index in [0.29, 0.717) is 6.42 Å². The highest BCUT2D eigenvalue weighted by atomic mass is 35.5. The Kier molecular flexibility index (Phi) is 3.05. The minimum Gasteiger partial charge on any atom is -0.222 e. The van der Waals surface area contributed by atoms with Gasteiger partial charge in [0.1, 0.15) is 11.2 Å². The third kappa shape index (κ3) is 1.74. The van der Waals surface area contributed by atoms with Crippen LogP contribution in [-0.4, -0.2) is 10.8 Å². The first kappa shape index (κ1) is 13.6. The van der Waals surface area contributed by atoms with Crippen LogP contribution in [0.3, 0.4) is 0 Å². The smallest absolute Gasteiger partial charge is 0.150 e. The summed E-state index contributed by atoms with van der Waals surface area (Å²) in [6, 6.07) is 19.9. The van der Waals surface area contributed by atoms with Crippen LogP contribution in [0, 0.1) is 0 Å². The molecule has 4 heteroatoms. The third-order valence-corrected chi connectivity index (χ3v) is 5.87. The van der Waals surface area contributed by atoms with Gasteiger partial charge in [-0.1, -0.05) is 60.7 Å². The van der Waals surface area contributed by atoms with E-state index in [9.17, 15) is 0 Å². The van der Waals surface area contributed by atoms with Crippen molar-refractivity contribution < 1.29 is 9.78 Å². The number of halogens is 2. The highest BCUT2D eigenvalue weighted by Crippen LogP contribution is 2.63. The Hall–Kier alpha value is -1.06. The van der Waals surface area contributed by atoms with Crippen LogP contribution in [0.15, 0.2) is 60.7 Å². The molecule has 1 saturated heterocycles. The number of alkyl halides is 2. The highest BCUT2D eigenvalue weighted by molar-refractivity contribution is 6.31. The van der Waals surface area contributed by atoms with Crippen LogP contribution < -0.4 is 0 Å². The first-order valence-electron chi connectivity index (χ1n) is 6.95. The standard InChI is InChI=1S/C17H14Cl2O2/c18-14-15(19)17(13-9-5-2-6-10-13)11-16(14,20-21-17)12-7-3-1-4-8-12/h1-10,14-15H,11H2/t14?,15?,16-,17+. The molecule has 1 saturated carbocycles. The molecule has 0 aromatic heterocycles. The van der Waals surface area contributed by atoms with Crippen molar-refractivity contribution in [2.24, 2.45) is 0 Å². The largest absolute Gasteiger partial charge is 0.222 e. The fourth-order valence-corrected chi connectivity index (χ4v) is 4.30. The van der Waals surface area contributed by atoms with Crippen molar-refractivity contribution in [1.82, 2.24) is 0 Å². The topological polar surface area (TPSA) is 18.5 Å². The maximum absolute atomic E-state index is 6.65. The maximum atomic E-state index is 6.65. The molecule has 0 spiro atoms. The molecule has 108 valence electrons. The first-order valence-corrected chi connectivity index (χ1v) is 7.82. The number of fused-ring (bicyclic) bond motifs is 2. The van der Waals surface area contributed by atoms with Crippen molar-refractivity contribution in [2.45, 2.75) is 28.4 Å². The summed E-state index contributed by atoms with van der Waals surface area (Å²) in [5.74, 6) is 0. The van der Waals surface area contributed by atoms with Gasteiger partial charge in [-0.3, -0.25) is 0 Å². The Bertz CT molecular complexity index is 591. The monoisotopic (exact) mass is 320 g/mol. The van der Waals surface area contributed by atoms with Crippen molar-refractivity contribution in [3.05, 3.63) is 71.8 Å². The minimum atomic E-state index is -0.689. The fraction of sp³-hybridized carbons (Fsp3) is 0.294. The van der Waals surface area contributed by atoms with Crippen LogP contribution in [0.25, 0.3) is 0 Å². The highest BCUT2D eigenvalue weighted by Gasteiger charge is 2.70. The van der Waals surface area contributed by atoms with E-state index in [-0.39, 0.29) is 10.8 Å². The van der Waals surface area contributed by atoms with E-state index in [0.717, 1.165) is 11.1 Å². The van der Waals surface area contributed by atoms with Gasteiger partial charge in [0.05, 0.1) is 10.8 Å². The van der Waals surface area contributed by atoms with Crippen LogP contribution in [0.5, 0.6) is 0 Å². The average molecular weight is 321 g/mol. The van der Waals surface area contributed by atoms with Gasteiger partial charge >= 0.3 is 0 Å². The SMILES string of the molecule is ClC1C(Cl)[C@]2(c3ccccc3)C[C@@]1(c1ccccc1)OO2. The van der Waals surface area contributed by atoms with Crippen LogP contribution in [0.2, 0.25) is 0 Å². The molecule has 1 aliphatic carbocycles. The van der Waals surface area contributed by atoms with Gasteiger partial charge in [-0.05, 0) is 11.1 Å². The van der Waals surface area contributed by atoms with E-state index in [1.165, 1.54) is 0 Å². The van der Waals surface area contributed by atoms with E-state index >= 15 is 0 Å². The molecule has 2 aromatic rings. The lowest BCUT2D eigenvalue weighted by molar-refractivity contribution is -0.378. The van der Waals surface area contributed by atoms with Crippen molar-refractivity contribution in [3.63, 3.8) is 0 Å². The molecule has 0 radical (unpaired) electrons. The Labute approximate surface area is 133 Å². The summed E-state index contributed by atoms with van der Waals surface area (Å²) in [7, 11) is 0. The molecular formula is C17H14Cl2O2. The van der Waals surface area contributed by atoms with Crippen molar-refractivity contribution in [2.75, 3.05) is 0 Å². The summed E-state index contributed by atoms with van der Waals surface area (Å²) in [6.45, 7) is 0. The Balaban J connectivity index is 1.83. The summed E-state index contributed by atoms with van der Waals surface area (Å²) in [5.41, 5.74) is 0.632. The zero-order chi connectivity index (χ0) is 14.5. The van der Waals surface area contributed by atoms with Crippen LogP contribution in [0.1, 0.15) is 17.5 Å². The van der Waals surface area contributed by atoms with Gasteiger partial charge in [0.2, 0.25) is 0 Å². The summed E-state index contributed by atoms with van der Waals surface area (Å²) in [6.07, 6.45) is 0.621. The zero-order valence-electron chi connectivity index (χ0n) is 11.2. The molecule has 2 bridgehead atoms. The van der Waals surface area contributed by atoms with E-state index in [2.05, 4.69) is 0 Å². The molecule has 4 atom stereocenters. The summed E-state index contributed by atoms with van der Waals surface area (Å²) < 4.78 is 0. The normalized spacial score (nSPS) is 37.8. The third-order valence-electron chi connectivity index (χ3n) is 4.54. The number of hydrogen-bond acceptors (Lipinski definition) is 2. The molecule has 2 aromatic carbocycles. The van der Waals surface area contributed by atoms with Gasteiger partial charge in [-0.25, -0.2) is 9.78 Å². The second kappa shape index (κ2) is 4.72. The van der Waals surface area contributed by atoms with Crippen molar-refractivity contribution in [3.8, 4) is 0 Å². The fourth-order valence-electron chi connectivity index (χ4n) is 3.42. The van der Waals surface area contributed by atoms with Gasteiger partial charge in [0.15, 0.2) is 0 Å². The quantitative estimate of drug-likeness (QED) is 0.604. The lowest BCUT2D eigenvalue weighted by atomic mass is 9.87. The molecule has 0 N–H and O–H groups in total. The summed E-state index contributed by atoms with van der Waals surface area (Å²) in [5, 5.41) is -0.703. The molecular weight excluding hydrogens is 307 g/mol. The van der Waals surface area contributed by atoms with E-state index in [1.54, 1.807) is 0 Å². The van der Waals surface area contributed by atoms with Gasteiger partial charge < -0.3 is 0 Å².